The Kier molecular flexibility index (Phi) is 6.37. The Morgan fingerprint density at radius 1 is 1.04 bits per heavy atom. The third kappa shape index (κ3) is 5.19. The zero-order chi connectivity index (χ0) is 19.3. The zero-order valence-corrected chi connectivity index (χ0v) is 16.0. The molecule has 0 amide bonds. The molecule has 0 aliphatic carbocycles. The number of alkyl halides is 2. The summed E-state index contributed by atoms with van der Waals surface area (Å²) in [6.07, 6.45) is 0.392. The molecule has 1 aliphatic heterocycles. The number of benzene rings is 2. The highest BCUT2D eigenvalue weighted by Crippen LogP contribution is 2.43. The molecule has 146 valence electrons. The maximum Gasteiger partial charge on any atom is 0.335 e. The van der Waals surface area contributed by atoms with Gasteiger partial charge in [0.25, 0.3) is 0 Å². The van der Waals surface area contributed by atoms with Gasteiger partial charge in [0.05, 0.1) is 17.7 Å². The van der Waals surface area contributed by atoms with E-state index in [1.807, 2.05) is 0 Å². The molecule has 3 unspecified atom stereocenters. The highest BCUT2D eigenvalue weighted by molar-refractivity contribution is 7.86. The third-order valence-electron chi connectivity index (χ3n) is 4.05. The molecule has 0 saturated carbocycles. The van der Waals surface area contributed by atoms with Gasteiger partial charge >= 0.3 is 15.4 Å². The molecule has 0 spiro atoms. The molecule has 1 heterocycles. The van der Waals surface area contributed by atoms with E-state index in [0.717, 1.165) is 0 Å². The highest BCUT2D eigenvalue weighted by atomic mass is 35.5. The van der Waals surface area contributed by atoms with Gasteiger partial charge in [-0.1, -0.05) is 36.4 Å². The van der Waals surface area contributed by atoms with E-state index < -0.39 is 28.1 Å². The lowest BCUT2D eigenvalue weighted by Gasteiger charge is -2.26. The van der Waals surface area contributed by atoms with Crippen LogP contribution in [-0.2, 0) is 19.0 Å². The van der Waals surface area contributed by atoms with Crippen LogP contribution in [0.3, 0.4) is 0 Å². The maximum absolute atomic E-state index is 12.6. The first kappa shape index (κ1) is 20.1. The van der Waals surface area contributed by atoms with Crippen molar-refractivity contribution in [3.63, 3.8) is 0 Å². The molecule has 2 aromatic carbocycles. The van der Waals surface area contributed by atoms with E-state index in [1.165, 1.54) is 12.1 Å². The van der Waals surface area contributed by atoms with E-state index in [0.29, 0.717) is 25.0 Å². The number of ether oxygens (including phenoxy) is 2. The van der Waals surface area contributed by atoms with Crippen LogP contribution in [0, 0.1) is 0 Å². The Hall–Kier alpha value is -1.67. The molecule has 1 saturated heterocycles. The number of epoxide rings is 1. The van der Waals surface area contributed by atoms with Gasteiger partial charge in [-0.25, -0.2) is 4.18 Å². The zero-order valence-electron chi connectivity index (χ0n) is 14.5. The normalized spacial score (nSPS) is 21.4. The molecular formula is C19H20ClFO5S. The van der Waals surface area contributed by atoms with E-state index in [-0.39, 0.29) is 11.0 Å². The molecule has 5 nitrogen and oxygen atoms in total. The summed E-state index contributed by atoms with van der Waals surface area (Å²) in [4.78, 5) is -0.0404. The standard InChI is InChI=1S/C19H20ClFO5S/c20-19(25-15-9-3-1-4-10-15,18-17(24-18)13-7-8-14-21)26-27(22,23)16-11-5-2-6-12-16/h1-6,9-12,17-18H,7-8,13-14H2. The van der Waals surface area contributed by atoms with Gasteiger partial charge in [-0.2, -0.15) is 8.42 Å². The molecule has 0 aromatic heterocycles. The van der Waals surface area contributed by atoms with Gasteiger partial charge < -0.3 is 9.47 Å². The molecular weight excluding hydrogens is 395 g/mol. The first-order chi connectivity index (χ1) is 12.9. The quantitative estimate of drug-likeness (QED) is 0.191. The number of hydrogen-bond donors (Lipinski definition) is 0. The van der Waals surface area contributed by atoms with Crippen molar-refractivity contribution in [1.29, 1.82) is 0 Å². The molecule has 8 heteroatoms. The summed E-state index contributed by atoms with van der Waals surface area (Å²) in [7, 11) is -4.19. The van der Waals surface area contributed by atoms with Crippen molar-refractivity contribution in [3.05, 3.63) is 60.7 Å². The lowest BCUT2D eigenvalue weighted by atomic mass is 10.1. The van der Waals surface area contributed by atoms with Crippen LogP contribution in [0.4, 0.5) is 4.39 Å². The minimum absolute atomic E-state index is 0.0404. The van der Waals surface area contributed by atoms with Crippen molar-refractivity contribution in [2.45, 2.75) is 41.6 Å². The van der Waals surface area contributed by atoms with Gasteiger partial charge in [-0.15, -0.1) is 0 Å². The van der Waals surface area contributed by atoms with Crippen molar-refractivity contribution in [1.82, 2.24) is 0 Å². The van der Waals surface area contributed by atoms with Crippen LogP contribution in [-0.4, -0.2) is 32.5 Å². The van der Waals surface area contributed by atoms with Crippen LogP contribution in [0.25, 0.3) is 0 Å². The number of halogens is 2. The minimum Gasteiger partial charge on any atom is -0.446 e. The average molecular weight is 415 g/mol. The summed E-state index contributed by atoms with van der Waals surface area (Å²) in [6.45, 7) is -0.414. The molecule has 3 atom stereocenters. The van der Waals surface area contributed by atoms with Crippen LogP contribution in [0.2, 0.25) is 0 Å². The van der Waals surface area contributed by atoms with Gasteiger partial charge in [-0.3, -0.25) is 4.39 Å². The lowest BCUT2D eigenvalue weighted by molar-refractivity contribution is -0.0527. The summed E-state index contributed by atoms with van der Waals surface area (Å²) in [5.41, 5.74) is 0. The third-order valence-corrected chi connectivity index (χ3v) is 5.83. The smallest absolute Gasteiger partial charge is 0.335 e. The Morgan fingerprint density at radius 3 is 2.30 bits per heavy atom. The maximum atomic E-state index is 12.6. The molecule has 0 radical (unpaired) electrons. The van der Waals surface area contributed by atoms with Crippen LogP contribution in [0.1, 0.15) is 19.3 Å². The fourth-order valence-electron chi connectivity index (χ4n) is 2.66. The molecule has 3 rings (SSSR count). The summed E-state index contributed by atoms with van der Waals surface area (Å²) in [5, 5.41) is -2.06. The van der Waals surface area contributed by atoms with Crippen molar-refractivity contribution < 1.29 is 26.5 Å². The van der Waals surface area contributed by atoms with Gasteiger partial charge in [0, 0.05) is 0 Å². The van der Waals surface area contributed by atoms with Crippen molar-refractivity contribution in [3.8, 4) is 5.75 Å². The van der Waals surface area contributed by atoms with Gasteiger partial charge in [0.15, 0.2) is 6.10 Å². The first-order valence-electron chi connectivity index (χ1n) is 8.60. The van der Waals surface area contributed by atoms with E-state index in [9.17, 15) is 12.8 Å². The number of para-hydroxylation sites is 1. The second kappa shape index (κ2) is 8.56. The number of unbranched alkanes of at least 4 members (excludes halogenated alkanes) is 1. The Morgan fingerprint density at radius 2 is 1.67 bits per heavy atom. The Labute approximate surface area is 163 Å². The fourth-order valence-corrected chi connectivity index (χ4v) is 4.21. The SMILES string of the molecule is O=S(=O)(OC(Cl)(Oc1ccccc1)C1OC1CCCCF)c1ccccc1. The molecule has 0 bridgehead atoms. The average Bonchev–Trinajstić information content (AvgIpc) is 3.44. The largest absolute Gasteiger partial charge is 0.446 e. The van der Waals surface area contributed by atoms with Crippen LogP contribution in [0.15, 0.2) is 65.6 Å². The molecule has 0 N–H and O–H groups in total. The molecule has 2 aromatic rings. The Balaban J connectivity index is 1.80. The summed E-state index contributed by atoms with van der Waals surface area (Å²) >= 11 is 6.49. The fraction of sp³-hybridized carbons (Fsp3) is 0.368. The topological polar surface area (TPSA) is 65.1 Å². The first-order valence-corrected chi connectivity index (χ1v) is 10.4. The van der Waals surface area contributed by atoms with E-state index in [1.54, 1.807) is 48.5 Å². The van der Waals surface area contributed by atoms with Crippen LogP contribution >= 0.6 is 11.6 Å². The van der Waals surface area contributed by atoms with E-state index in [4.69, 9.17) is 25.3 Å². The van der Waals surface area contributed by atoms with E-state index in [2.05, 4.69) is 0 Å². The highest BCUT2D eigenvalue weighted by Gasteiger charge is 2.59. The lowest BCUT2D eigenvalue weighted by Crippen LogP contribution is -2.42. The van der Waals surface area contributed by atoms with Crippen molar-refractivity contribution >= 4 is 21.7 Å². The predicted molar refractivity (Wildman–Crippen MR) is 98.9 cm³/mol. The van der Waals surface area contributed by atoms with Crippen molar-refractivity contribution in [2.75, 3.05) is 6.67 Å². The van der Waals surface area contributed by atoms with Gasteiger partial charge in [0.1, 0.15) is 5.75 Å². The van der Waals surface area contributed by atoms with Crippen LogP contribution in [0.5, 0.6) is 5.75 Å². The Bertz CT molecular complexity index is 834. The summed E-state index contributed by atoms with van der Waals surface area (Å²) in [6, 6.07) is 16.2. The number of rotatable bonds is 10. The monoisotopic (exact) mass is 414 g/mol. The van der Waals surface area contributed by atoms with Gasteiger partial charge in [0.2, 0.25) is 0 Å². The predicted octanol–water partition coefficient (Wildman–Crippen LogP) is 4.27. The summed E-state index contributed by atoms with van der Waals surface area (Å²) in [5.74, 6) is 0.341. The number of hydrogen-bond acceptors (Lipinski definition) is 5. The molecule has 1 aliphatic rings. The van der Waals surface area contributed by atoms with Crippen LogP contribution < -0.4 is 4.74 Å². The second-order valence-electron chi connectivity index (χ2n) is 6.13. The van der Waals surface area contributed by atoms with Gasteiger partial charge in [-0.05, 0) is 55.1 Å². The summed E-state index contributed by atoms with van der Waals surface area (Å²) < 4.78 is 54.1. The van der Waals surface area contributed by atoms with E-state index >= 15 is 0 Å². The van der Waals surface area contributed by atoms with Crippen molar-refractivity contribution in [2.24, 2.45) is 0 Å². The molecule has 27 heavy (non-hydrogen) atoms. The second-order valence-corrected chi connectivity index (χ2v) is 8.20. The molecule has 1 fully saturated rings. The minimum atomic E-state index is -4.19.